The zero-order chi connectivity index (χ0) is 49.7. The summed E-state index contributed by atoms with van der Waals surface area (Å²) in [4.78, 5) is 13.2. The predicted octanol–water partition coefficient (Wildman–Crippen LogP) is 11.7. The molecule has 402 valence electrons. The van der Waals surface area contributed by atoms with Crippen molar-refractivity contribution in [3.05, 3.63) is 24.3 Å². The summed E-state index contributed by atoms with van der Waals surface area (Å²) in [6.45, 7) is 3.46. The van der Waals surface area contributed by atoms with E-state index < -0.39 is 74.2 Å². The van der Waals surface area contributed by atoms with Gasteiger partial charge in [0.15, 0.2) is 6.29 Å². The number of amides is 1. The Morgan fingerprint density at radius 1 is 0.500 bits per heavy atom. The molecule has 1 heterocycles. The maximum atomic E-state index is 13.2. The topological polar surface area (TPSA) is 189 Å². The van der Waals surface area contributed by atoms with E-state index in [0.29, 0.717) is 12.8 Å². The van der Waals surface area contributed by atoms with Gasteiger partial charge in [0.1, 0.15) is 36.6 Å². The Balaban J connectivity index is 2.34. The number of ether oxygens (including phenoxy) is 2. The van der Waals surface area contributed by atoms with E-state index in [-0.39, 0.29) is 12.8 Å². The van der Waals surface area contributed by atoms with Crippen LogP contribution < -0.4 is 5.32 Å². The number of carbonyl (C=O) groups is 1. The van der Waals surface area contributed by atoms with Crippen LogP contribution in [0.15, 0.2) is 24.3 Å². The molecule has 0 radical (unpaired) electrons. The van der Waals surface area contributed by atoms with E-state index in [4.69, 9.17) is 9.47 Å². The molecule has 1 fully saturated rings. The number of hydrogen-bond donors (Lipinski definition) is 8. The highest BCUT2D eigenvalue weighted by atomic mass is 16.7. The van der Waals surface area contributed by atoms with E-state index in [9.17, 15) is 40.5 Å². The van der Waals surface area contributed by atoms with E-state index in [1.165, 1.54) is 180 Å². The Morgan fingerprint density at radius 3 is 1.26 bits per heavy atom. The second-order valence-corrected chi connectivity index (χ2v) is 20.4. The molecule has 0 saturated carbocycles. The Kier molecular flexibility index (Phi) is 44.3. The summed E-state index contributed by atoms with van der Waals surface area (Å²) in [5, 5.41) is 76.1. The third kappa shape index (κ3) is 34.8. The lowest BCUT2D eigenvalue weighted by atomic mass is 9.98. The van der Waals surface area contributed by atoms with Crippen LogP contribution >= 0.6 is 0 Å². The summed E-state index contributed by atoms with van der Waals surface area (Å²) in [7, 11) is 0. The second-order valence-electron chi connectivity index (χ2n) is 20.4. The average Bonchev–Trinajstić information content (AvgIpc) is 3.34. The van der Waals surface area contributed by atoms with Crippen molar-refractivity contribution < 1.29 is 50.0 Å². The SMILES string of the molecule is CCCCCCCCCCCCCC/C=C\CCCCCCCCCC(O)C(=O)NC(COC1OC(CO)C(O)C(O)C1O)C(O)C(O)CCC/C=C/CCCCCCCCCCCCCCC. The molecule has 1 aliphatic rings. The van der Waals surface area contributed by atoms with Crippen molar-refractivity contribution in [3.63, 3.8) is 0 Å². The fourth-order valence-corrected chi connectivity index (χ4v) is 9.26. The van der Waals surface area contributed by atoms with Crippen molar-refractivity contribution in [2.45, 2.75) is 319 Å². The molecule has 9 atom stereocenters. The average molecular weight is 968 g/mol. The number of allylic oxidation sites excluding steroid dienone is 4. The van der Waals surface area contributed by atoms with Gasteiger partial charge in [-0.1, -0.05) is 224 Å². The van der Waals surface area contributed by atoms with Crippen molar-refractivity contribution in [2.24, 2.45) is 0 Å². The van der Waals surface area contributed by atoms with Crippen LogP contribution in [0.3, 0.4) is 0 Å². The van der Waals surface area contributed by atoms with Crippen LogP contribution in [-0.4, -0.2) is 110 Å². The van der Waals surface area contributed by atoms with Gasteiger partial charge in [-0.2, -0.15) is 0 Å². The van der Waals surface area contributed by atoms with Gasteiger partial charge < -0.3 is 50.5 Å². The molecule has 0 spiro atoms. The van der Waals surface area contributed by atoms with Gasteiger partial charge in [0, 0.05) is 0 Å². The summed E-state index contributed by atoms with van der Waals surface area (Å²) >= 11 is 0. The fraction of sp³-hybridized carbons (Fsp3) is 0.912. The molecule has 0 aromatic heterocycles. The maximum Gasteiger partial charge on any atom is 0.249 e. The van der Waals surface area contributed by atoms with Gasteiger partial charge in [0.25, 0.3) is 0 Å². The standard InChI is InChI=1S/C57H109NO10/c1-3-5-7-9-11-13-15-17-19-21-23-24-25-26-27-29-31-33-35-37-39-41-43-45-50(61)56(66)58-48(47-67-57-55(65)54(64)53(63)51(46-59)68-57)52(62)49(60)44-42-40-38-36-34-32-30-28-22-20-18-16-14-12-10-8-6-4-2/h26-27,36,38,48-55,57,59-65H,3-25,28-35,37,39-47H2,1-2H3,(H,58,66)/b27-26-,38-36+. The highest BCUT2D eigenvalue weighted by Gasteiger charge is 2.44. The van der Waals surface area contributed by atoms with E-state index in [2.05, 4.69) is 43.5 Å². The Morgan fingerprint density at radius 2 is 0.868 bits per heavy atom. The summed E-state index contributed by atoms with van der Waals surface area (Å²) < 4.78 is 11.1. The number of carbonyl (C=O) groups excluding carboxylic acids is 1. The molecule has 11 nitrogen and oxygen atoms in total. The minimum absolute atomic E-state index is 0.250. The van der Waals surface area contributed by atoms with Gasteiger partial charge in [0.2, 0.25) is 5.91 Å². The maximum absolute atomic E-state index is 13.2. The second kappa shape index (κ2) is 46.6. The molecule has 11 heteroatoms. The summed E-state index contributed by atoms with van der Waals surface area (Å²) in [6, 6.07) is -1.19. The smallest absolute Gasteiger partial charge is 0.249 e. The van der Waals surface area contributed by atoms with Gasteiger partial charge in [-0.05, 0) is 64.2 Å². The van der Waals surface area contributed by atoms with Crippen molar-refractivity contribution >= 4 is 5.91 Å². The van der Waals surface area contributed by atoms with Crippen LogP contribution in [-0.2, 0) is 14.3 Å². The monoisotopic (exact) mass is 968 g/mol. The first-order valence-electron chi connectivity index (χ1n) is 28.7. The van der Waals surface area contributed by atoms with Crippen LogP contribution in [0.4, 0.5) is 0 Å². The lowest BCUT2D eigenvalue weighted by Gasteiger charge is -2.40. The molecule has 9 unspecified atom stereocenters. The predicted molar refractivity (Wildman–Crippen MR) is 279 cm³/mol. The number of unbranched alkanes of at least 4 members (excludes halogenated alkanes) is 33. The first-order chi connectivity index (χ1) is 33.2. The molecule has 1 rings (SSSR count). The third-order valence-corrected chi connectivity index (χ3v) is 14.0. The molecular weight excluding hydrogens is 859 g/mol. The van der Waals surface area contributed by atoms with Crippen LogP contribution in [0.5, 0.6) is 0 Å². The molecule has 1 aliphatic heterocycles. The minimum atomic E-state index is -1.67. The number of aliphatic hydroxyl groups excluding tert-OH is 7. The molecule has 8 N–H and O–H groups in total. The molecule has 68 heavy (non-hydrogen) atoms. The van der Waals surface area contributed by atoms with E-state index in [0.717, 1.165) is 44.9 Å². The van der Waals surface area contributed by atoms with Crippen LogP contribution in [0, 0.1) is 0 Å². The fourth-order valence-electron chi connectivity index (χ4n) is 9.26. The van der Waals surface area contributed by atoms with E-state index >= 15 is 0 Å². The normalized spacial score (nSPS) is 20.6. The Bertz CT molecular complexity index is 1160. The molecule has 1 amide bonds. The lowest BCUT2D eigenvalue weighted by Crippen LogP contribution is -2.60. The number of aliphatic hydroxyl groups is 7. The largest absolute Gasteiger partial charge is 0.394 e. The summed E-state index contributed by atoms with van der Waals surface area (Å²) in [5.74, 6) is -0.707. The quantitative estimate of drug-likeness (QED) is 0.0215. The van der Waals surface area contributed by atoms with Crippen LogP contribution in [0.2, 0.25) is 0 Å². The van der Waals surface area contributed by atoms with Gasteiger partial charge in [-0.3, -0.25) is 4.79 Å². The number of rotatable bonds is 49. The van der Waals surface area contributed by atoms with Crippen molar-refractivity contribution in [1.82, 2.24) is 5.32 Å². The zero-order valence-corrected chi connectivity index (χ0v) is 43.9. The van der Waals surface area contributed by atoms with Crippen LogP contribution in [0.25, 0.3) is 0 Å². The Labute approximate surface area is 416 Å². The highest BCUT2D eigenvalue weighted by Crippen LogP contribution is 2.23. The Hall–Kier alpha value is -1.41. The van der Waals surface area contributed by atoms with Crippen molar-refractivity contribution in [3.8, 4) is 0 Å². The lowest BCUT2D eigenvalue weighted by molar-refractivity contribution is -0.303. The number of hydrogen-bond acceptors (Lipinski definition) is 10. The van der Waals surface area contributed by atoms with Gasteiger partial charge in [-0.15, -0.1) is 0 Å². The van der Waals surface area contributed by atoms with Crippen LogP contribution in [0.1, 0.15) is 264 Å². The highest BCUT2D eigenvalue weighted by molar-refractivity contribution is 5.80. The number of nitrogens with one attached hydrogen (secondary N) is 1. The van der Waals surface area contributed by atoms with Gasteiger partial charge >= 0.3 is 0 Å². The molecule has 1 saturated heterocycles. The molecule has 0 bridgehead atoms. The molecular formula is C57H109NO10. The first-order valence-corrected chi connectivity index (χ1v) is 28.7. The summed E-state index contributed by atoms with van der Waals surface area (Å²) in [6.07, 6.45) is 43.7. The minimum Gasteiger partial charge on any atom is -0.394 e. The van der Waals surface area contributed by atoms with Crippen molar-refractivity contribution in [2.75, 3.05) is 13.2 Å². The molecule has 0 aromatic rings. The van der Waals surface area contributed by atoms with Crippen molar-refractivity contribution in [1.29, 1.82) is 0 Å². The third-order valence-electron chi connectivity index (χ3n) is 14.0. The molecule has 0 aliphatic carbocycles. The zero-order valence-electron chi connectivity index (χ0n) is 43.9. The van der Waals surface area contributed by atoms with E-state index in [1.807, 2.05) is 0 Å². The van der Waals surface area contributed by atoms with E-state index in [1.54, 1.807) is 0 Å². The first kappa shape index (κ1) is 64.6. The van der Waals surface area contributed by atoms with Gasteiger partial charge in [0.05, 0.1) is 25.4 Å². The summed E-state index contributed by atoms with van der Waals surface area (Å²) in [5.41, 5.74) is 0. The van der Waals surface area contributed by atoms with Gasteiger partial charge in [-0.25, -0.2) is 0 Å². The molecule has 0 aromatic carbocycles.